The molecule has 1 fully saturated rings. The highest BCUT2D eigenvalue weighted by Crippen LogP contribution is 2.28. The van der Waals surface area contributed by atoms with Crippen LogP contribution < -0.4 is 5.32 Å². The van der Waals surface area contributed by atoms with E-state index in [0.29, 0.717) is 0 Å². The Bertz CT molecular complexity index is 265. The second-order valence-electron chi connectivity index (χ2n) is 3.52. The van der Waals surface area contributed by atoms with Gasteiger partial charge in [0.05, 0.1) is 0 Å². The highest BCUT2D eigenvalue weighted by atomic mass is 16.3. The van der Waals surface area contributed by atoms with Gasteiger partial charge in [0.25, 0.3) is 0 Å². The molecule has 1 radical (unpaired) electrons. The summed E-state index contributed by atoms with van der Waals surface area (Å²) in [6.07, 6.45) is 2.93. The third-order valence-electron chi connectivity index (χ3n) is 2.54. The van der Waals surface area contributed by atoms with Crippen molar-refractivity contribution in [3.8, 4) is 0 Å². The summed E-state index contributed by atoms with van der Waals surface area (Å²) in [5.74, 6) is 0. The van der Waals surface area contributed by atoms with Gasteiger partial charge in [0.15, 0.2) is 5.72 Å². The molecule has 0 amide bonds. The van der Waals surface area contributed by atoms with Gasteiger partial charge in [-0.05, 0) is 24.8 Å². The Kier molecular flexibility index (Phi) is 2.34. The number of nitrogens with zero attached hydrogens (tertiary/aromatic N) is 1. The van der Waals surface area contributed by atoms with Gasteiger partial charge in [-0.1, -0.05) is 30.3 Å². The Morgan fingerprint density at radius 1 is 1.15 bits per heavy atom. The van der Waals surface area contributed by atoms with E-state index >= 15 is 0 Å². The van der Waals surface area contributed by atoms with Gasteiger partial charge in [0.1, 0.15) is 0 Å². The van der Waals surface area contributed by atoms with E-state index in [1.165, 1.54) is 0 Å². The zero-order chi connectivity index (χ0) is 9.15. The molecule has 0 aliphatic carbocycles. The Labute approximate surface area is 78.6 Å². The van der Waals surface area contributed by atoms with Crippen LogP contribution in [0.4, 0.5) is 0 Å². The van der Waals surface area contributed by atoms with Crippen molar-refractivity contribution >= 4 is 0 Å². The van der Waals surface area contributed by atoms with Crippen LogP contribution in [-0.2, 0) is 5.72 Å². The van der Waals surface area contributed by atoms with Gasteiger partial charge in [-0.25, -0.2) is 5.32 Å². The van der Waals surface area contributed by atoms with Crippen molar-refractivity contribution in [2.24, 2.45) is 0 Å². The van der Waals surface area contributed by atoms with E-state index in [1.807, 2.05) is 30.3 Å². The molecular formula is C11H14NO. The highest BCUT2D eigenvalue weighted by molar-refractivity contribution is 5.21. The van der Waals surface area contributed by atoms with Crippen LogP contribution in [0.1, 0.15) is 24.8 Å². The molecule has 13 heavy (non-hydrogen) atoms. The molecule has 69 valence electrons. The van der Waals surface area contributed by atoms with E-state index in [1.54, 1.807) is 0 Å². The van der Waals surface area contributed by atoms with Crippen molar-refractivity contribution in [3.05, 3.63) is 35.9 Å². The number of hydrogen-bond donors (Lipinski definition) is 1. The van der Waals surface area contributed by atoms with Crippen LogP contribution in [0.3, 0.4) is 0 Å². The summed E-state index contributed by atoms with van der Waals surface area (Å²) in [5, 5.41) is 14.5. The Hall–Kier alpha value is -0.860. The van der Waals surface area contributed by atoms with Crippen LogP contribution in [0.25, 0.3) is 0 Å². The fourth-order valence-electron chi connectivity index (χ4n) is 1.77. The lowest BCUT2D eigenvalue weighted by atomic mass is 9.93. The van der Waals surface area contributed by atoms with Gasteiger partial charge in [0, 0.05) is 6.54 Å². The van der Waals surface area contributed by atoms with E-state index in [4.69, 9.17) is 0 Å². The average molecular weight is 176 g/mol. The van der Waals surface area contributed by atoms with Crippen LogP contribution in [0.2, 0.25) is 0 Å². The molecule has 1 aromatic rings. The Balaban J connectivity index is 2.23. The fraction of sp³-hybridized carbons (Fsp3) is 0.455. The van der Waals surface area contributed by atoms with E-state index in [-0.39, 0.29) is 0 Å². The highest BCUT2D eigenvalue weighted by Gasteiger charge is 2.31. The number of hydrogen-bond acceptors (Lipinski definition) is 1. The molecule has 0 bridgehead atoms. The van der Waals surface area contributed by atoms with E-state index in [9.17, 15) is 5.11 Å². The minimum absolute atomic E-state index is 0.761. The third kappa shape index (κ3) is 1.74. The van der Waals surface area contributed by atoms with Crippen molar-refractivity contribution in [3.63, 3.8) is 0 Å². The summed E-state index contributed by atoms with van der Waals surface area (Å²) in [4.78, 5) is 0. The fourth-order valence-corrected chi connectivity index (χ4v) is 1.77. The number of piperidine rings is 1. The summed E-state index contributed by atoms with van der Waals surface area (Å²) in [5.41, 5.74) is 0.0224. The second kappa shape index (κ2) is 3.48. The summed E-state index contributed by atoms with van der Waals surface area (Å²) in [6, 6.07) is 9.72. The monoisotopic (exact) mass is 176 g/mol. The minimum atomic E-state index is -0.903. The molecule has 2 nitrogen and oxygen atoms in total. The van der Waals surface area contributed by atoms with Gasteiger partial charge in [-0.3, -0.25) is 0 Å². The molecule has 1 N–H and O–H groups in total. The maximum absolute atomic E-state index is 10.2. The first-order valence-corrected chi connectivity index (χ1v) is 4.78. The first-order chi connectivity index (χ1) is 6.31. The molecule has 0 spiro atoms. The molecule has 0 saturated carbocycles. The van der Waals surface area contributed by atoms with Gasteiger partial charge in [-0.2, -0.15) is 0 Å². The zero-order valence-electron chi connectivity index (χ0n) is 7.61. The SMILES string of the molecule is OC1(c2ccccc2)CCCC[N]1. The molecule has 1 heterocycles. The van der Waals surface area contributed by atoms with E-state index in [2.05, 4.69) is 5.32 Å². The third-order valence-corrected chi connectivity index (χ3v) is 2.54. The van der Waals surface area contributed by atoms with Crippen LogP contribution in [0, 0.1) is 0 Å². The summed E-state index contributed by atoms with van der Waals surface area (Å²) in [6.45, 7) is 0.783. The van der Waals surface area contributed by atoms with E-state index in [0.717, 1.165) is 31.4 Å². The molecule has 1 aliphatic rings. The minimum Gasteiger partial charge on any atom is -0.370 e. The second-order valence-corrected chi connectivity index (χ2v) is 3.52. The van der Waals surface area contributed by atoms with Gasteiger partial charge in [-0.15, -0.1) is 0 Å². The number of aliphatic hydroxyl groups is 1. The molecule has 1 atom stereocenters. The Morgan fingerprint density at radius 2 is 1.92 bits per heavy atom. The normalized spacial score (nSPS) is 28.7. The van der Waals surface area contributed by atoms with Crippen LogP contribution in [-0.4, -0.2) is 11.7 Å². The Morgan fingerprint density at radius 3 is 2.54 bits per heavy atom. The predicted octanol–water partition coefficient (Wildman–Crippen LogP) is 1.62. The number of rotatable bonds is 1. The lowest BCUT2D eigenvalue weighted by Gasteiger charge is -2.31. The van der Waals surface area contributed by atoms with Gasteiger partial charge < -0.3 is 5.11 Å². The standard InChI is InChI=1S/C11H14NO/c13-11(8-4-5-9-12-11)10-6-2-1-3-7-10/h1-3,6-7,13H,4-5,8-9H2. The van der Waals surface area contributed by atoms with Crippen molar-refractivity contribution in [2.75, 3.05) is 6.54 Å². The molecule has 0 aromatic heterocycles. The summed E-state index contributed by atoms with van der Waals surface area (Å²) >= 11 is 0. The molecule has 2 rings (SSSR count). The van der Waals surface area contributed by atoms with E-state index < -0.39 is 5.72 Å². The van der Waals surface area contributed by atoms with Crippen LogP contribution in [0.5, 0.6) is 0 Å². The molecular weight excluding hydrogens is 162 g/mol. The zero-order valence-corrected chi connectivity index (χ0v) is 7.61. The van der Waals surface area contributed by atoms with Gasteiger partial charge >= 0.3 is 0 Å². The molecule has 1 aromatic carbocycles. The summed E-state index contributed by atoms with van der Waals surface area (Å²) in [7, 11) is 0. The van der Waals surface area contributed by atoms with Crippen LogP contribution in [0.15, 0.2) is 30.3 Å². The molecule has 1 saturated heterocycles. The molecule has 1 unspecified atom stereocenters. The predicted molar refractivity (Wildman–Crippen MR) is 51.2 cm³/mol. The lowest BCUT2D eigenvalue weighted by molar-refractivity contribution is -0.0282. The van der Waals surface area contributed by atoms with Crippen molar-refractivity contribution in [1.29, 1.82) is 0 Å². The van der Waals surface area contributed by atoms with Crippen molar-refractivity contribution < 1.29 is 5.11 Å². The molecule has 1 aliphatic heterocycles. The summed E-state index contributed by atoms with van der Waals surface area (Å²) < 4.78 is 0. The van der Waals surface area contributed by atoms with Crippen LogP contribution >= 0.6 is 0 Å². The quantitative estimate of drug-likeness (QED) is 0.693. The lowest BCUT2D eigenvalue weighted by Crippen LogP contribution is -2.40. The number of benzene rings is 1. The first kappa shape index (κ1) is 8.73. The topological polar surface area (TPSA) is 34.3 Å². The molecule has 2 heteroatoms. The van der Waals surface area contributed by atoms with Crippen molar-refractivity contribution in [1.82, 2.24) is 5.32 Å². The smallest absolute Gasteiger partial charge is 0.157 e. The van der Waals surface area contributed by atoms with Gasteiger partial charge in [0.2, 0.25) is 0 Å². The maximum Gasteiger partial charge on any atom is 0.157 e. The maximum atomic E-state index is 10.2. The average Bonchev–Trinajstić information content (AvgIpc) is 2.20. The van der Waals surface area contributed by atoms with Crippen molar-refractivity contribution in [2.45, 2.75) is 25.0 Å². The first-order valence-electron chi connectivity index (χ1n) is 4.78. The largest absolute Gasteiger partial charge is 0.370 e.